The van der Waals surface area contributed by atoms with Crippen molar-refractivity contribution in [3.05, 3.63) is 71.1 Å². The van der Waals surface area contributed by atoms with Crippen molar-refractivity contribution in [1.82, 2.24) is 14.7 Å². The van der Waals surface area contributed by atoms with Crippen molar-refractivity contribution in [2.75, 3.05) is 0 Å². The molecular weight excluding hydrogens is 270 g/mol. The second kappa shape index (κ2) is 5.65. The molecule has 0 fully saturated rings. The number of halogens is 1. The first kappa shape index (κ1) is 13.2. The third-order valence-corrected chi connectivity index (χ3v) is 3.63. The van der Waals surface area contributed by atoms with E-state index in [-0.39, 0.29) is 6.04 Å². The molecule has 2 aromatic heterocycles. The number of fused-ring (bicyclic) bond motifs is 1. The van der Waals surface area contributed by atoms with E-state index in [1.54, 1.807) is 0 Å². The Morgan fingerprint density at radius 1 is 1.20 bits per heavy atom. The molecule has 3 aromatic rings. The van der Waals surface area contributed by atoms with Crippen LogP contribution in [0.25, 0.3) is 5.65 Å². The van der Waals surface area contributed by atoms with Crippen LogP contribution in [0.5, 0.6) is 0 Å². The predicted octanol–water partition coefficient (Wildman–Crippen LogP) is 3.84. The molecule has 0 radical (unpaired) electrons. The van der Waals surface area contributed by atoms with Gasteiger partial charge < -0.3 is 9.72 Å². The highest BCUT2D eigenvalue weighted by molar-refractivity contribution is 6.30. The van der Waals surface area contributed by atoms with E-state index in [9.17, 15) is 0 Å². The molecule has 0 aliphatic carbocycles. The SMILES string of the molecule is C[C@@H](NCc1cn2ccccc2n1)c1ccc(Cl)cc1. The molecule has 1 N–H and O–H groups in total. The molecule has 102 valence electrons. The van der Waals surface area contributed by atoms with Crippen molar-refractivity contribution in [3.8, 4) is 0 Å². The van der Waals surface area contributed by atoms with Crippen LogP contribution in [0.2, 0.25) is 5.02 Å². The maximum Gasteiger partial charge on any atom is 0.137 e. The molecule has 0 spiro atoms. The summed E-state index contributed by atoms with van der Waals surface area (Å²) in [4.78, 5) is 4.57. The molecule has 4 heteroatoms. The Morgan fingerprint density at radius 3 is 2.75 bits per heavy atom. The van der Waals surface area contributed by atoms with Crippen LogP contribution in [-0.4, -0.2) is 9.38 Å². The van der Waals surface area contributed by atoms with Gasteiger partial charge in [-0.05, 0) is 36.8 Å². The van der Waals surface area contributed by atoms with E-state index in [1.807, 2.05) is 53.1 Å². The molecule has 2 heterocycles. The van der Waals surface area contributed by atoms with Crippen molar-refractivity contribution in [1.29, 1.82) is 0 Å². The molecular formula is C16H16ClN3. The van der Waals surface area contributed by atoms with Crippen molar-refractivity contribution in [3.63, 3.8) is 0 Å². The summed E-state index contributed by atoms with van der Waals surface area (Å²) >= 11 is 5.90. The Kier molecular flexibility index (Phi) is 3.72. The van der Waals surface area contributed by atoms with Gasteiger partial charge in [-0.25, -0.2) is 4.98 Å². The number of aromatic nitrogens is 2. The van der Waals surface area contributed by atoms with Crippen LogP contribution in [0.15, 0.2) is 54.9 Å². The summed E-state index contributed by atoms with van der Waals surface area (Å²) < 4.78 is 2.03. The molecule has 0 aliphatic heterocycles. The van der Waals surface area contributed by atoms with E-state index in [0.717, 1.165) is 22.9 Å². The zero-order valence-corrected chi connectivity index (χ0v) is 12.0. The molecule has 20 heavy (non-hydrogen) atoms. The summed E-state index contributed by atoms with van der Waals surface area (Å²) in [6.07, 6.45) is 4.06. The van der Waals surface area contributed by atoms with E-state index in [1.165, 1.54) is 5.56 Å². The van der Waals surface area contributed by atoms with Gasteiger partial charge in [0.15, 0.2) is 0 Å². The Morgan fingerprint density at radius 2 is 2.00 bits per heavy atom. The zero-order chi connectivity index (χ0) is 13.9. The number of rotatable bonds is 4. The van der Waals surface area contributed by atoms with E-state index in [2.05, 4.69) is 23.4 Å². The molecule has 1 aromatic carbocycles. The van der Waals surface area contributed by atoms with Gasteiger partial charge >= 0.3 is 0 Å². The minimum atomic E-state index is 0.261. The van der Waals surface area contributed by atoms with Crippen LogP contribution in [-0.2, 0) is 6.54 Å². The quantitative estimate of drug-likeness (QED) is 0.789. The lowest BCUT2D eigenvalue weighted by molar-refractivity contribution is 0.569. The van der Waals surface area contributed by atoms with Crippen LogP contribution < -0.4 is 5.32 Å². The van der Waals surface area contributed by atoms with Gasteiger partial charge in [-0.1, -0.05) is 29.8 Å². The number of pyridine rings is 1. The topological polar surface area (TPSA) is 29.3 Å². The fourth-order valence-electron chi connectivity index (χ4n) is 2.20. The van der Waals surface area contributed by atoms with E-state index < -0.39 is 0 Å². The summed E-state index contributed by atoms with van der Waals surface area (Å²) in [6.45, 7) is 2.88. The highest BCUT2D eigenvalue weighted by Gasteiger charge is 2.06. The number of benzene rings is 1. The Labute approximate surface area is 123 Å². The summed E-state index contributed by atoms with van der Waals surface area (Å²) in [5, 5.41) is 4.24. The van der Waals surface area contributed by atoms with Gasteiger partial charge in [0.1, 0.15) is 5.65 Å². The van der Waals surface area contributed by atoms with Gasteiger partial charge in [0.25, 0.3) is 0 Å². The van der Waals surface area contributed by atoms with Gasteiger partial charge in [0.2, 0.25) is 0 Å². The summed E-state index contributed by atoms with van der Waals surface area (Å²) in [7, 11) is 0. The third-order valence-electron chi connectivity index (χ3n) is 3.37. The molecule has 0 bridgehead atoms. The molecule has 0 aliphatic rings. The highest BCUT2D eigenvalue weighted by Crippen LogP contribution is 2.16. The lowest BCUT2D eigenvalue weighted by Gasteiger charge is -2.13. The van der Waals surface area contributed by atoms with Crippen LogP contribution >= 0.6 is 11.6 Å². The summed E-state index contributed by atoms with van der Waals surface area (Å²) in [6, 6.07) is 14.2. The van der Waals surface area contributed by atoms with Crippen LogP contribution in [0.4, 0.5) is 0 Å². The Bertz CT molecular complexity index is 670. The summed E-state index contributed by atoms with van der Waals surface area (Å²) in [5.41, 5.74) is 3.23. The van der Waals surface area contributed by atoms with Gasteiger partial charge in [-0.3, -0.25) is 0 Å². The van der Waals surface area contributed by atoms with Crippen molar-refractivity contribution >= 4 is 17.2 Å². The van der Waals surface area contributed by atoms with Crippen molar-refractivity contribution < 1.29 is 0 Å². The minimum Gasteiger partial charge on any atom is -0.307 e. The maximum absolute atomic E-state index is 5.90. The molecule has 1 atom stereocenters. The number of nitrogens with one attached hydrogen (secondary N) is 1. The number of hydrogen-bond acceptors (Lipinski definition) is 2. The number of hydrogen-bond donors (Lipinski definition) is 1. The van der Waals surface area contributed by atoms with E-state index in [4.69, 9.17) is 11.6 Å². The molecule has 3 nitrogen and oxygen atoms in total. The third kappa shape index (κ3) is 2.84. The van der Waals surface area contributed by atoms with Gasteiger partial charge in [0.05, 0.1) is 5.69 Å². The first-order valence-corrected chi connectivity index (χ1v) is 7.01. The van der Waals surface area contributed by atoms with E-state index >= 15 is 0 Å². The lowest BCUT2D eigenvalue weighted by atomic mass is 10.1. The van der Waals surface area contributed by atoms with Crippen LogP contribution in [0, 0.1) is 0 Å². The predicted molar refractivity (Wildman–Crippen MR) is 81.9 cm³/mol. The first-order valence-electron chi connectivity index (χ1n) is 6.64. The van der Waals surface area contributed by atoms with Crippen molar-refractivity contribution in [2.45, 2.75) is 19.5 Å². The number of imidazole rings is 1. The van der Waals surface area contributed by atoms with Gasteiger partial charge in [-0.15, -0.1) is 0 Å². The maximum atomic E-state index is 5.90. The fourth-order valence-corrected chi connectivity index (χ4v) is 2.33. The first-order chi connectivity index (χ1) is 9.72. The fraction of sp³-hybridized carbons (Fsp3) is 0.188. The second-order valence-electron chi connectivity index (χ2n) is 4.85. The zero-order valence-electron chi connectivity index (χ0n) is 11.3. The Balaban J connectivity index is 1.68. The highest BCUT2D eigenvalue weighted by atomic mass is 35.5. The van der Waals surface area contributed by atoms with Crippen LogP contribution in [0.1, 0.15) is 24.2 Å². The largest absolute Gasteiger partial charge is 0.307 e. The molecule has 0 unspecified atom stereocenters. The molecule has 0 amide bonds. The second-order valence-corrected chi connectivity index (χ2v) is 5.29. The summed E-state index contributed by atoms with van der Waals surface area (Å²) in [5.74, 6) is 0. The smallest absolute Gasteiger partial charge is 0.137 e. The van der Waals surface area contributed by atoms with Crippen molar-refractivity contribution in [2.24, 2.45) is 0 Å². The average Bonchev–Trinajstić information content (AvgIpc) is 2.88. The lowest BCUT2D eigenvalue weighted by Crippen LogP contribution is -2.18. The normalized spacial score (nSPS) is 12.7. The van der Waals surface area contributed by atoms with E-state index in [0.29, 0.717) is 0 Å². The van der Waals surface area contributed by atoms with Gasteiger partial charge in [-0.2, -0.15) is 0 Å². The average molecular weight is 286 g/mol. The molecule has 3 rings (SSSR count). The number of nitrogens with zero attached hydrogens (tertiary/aromatic N) is 2. The Hall–Kier alpha value is -1.84. The molecule has 0 saturated carbocycles. The minimum absolute atomic E-state index is 0.261. The monoisotopic (exact) mass is 285 g/mol. The molecule has 0 saturated heterocycles. The van der Waals surface area contributed by atoms with Crippen LogP contribution in [0.3, 0.4) is 0 Å². The standard InChI is InChI=1S/C16H16ClN3/c1-12(13-5-7-14(17)8-6-13)18-10-15-11-20-9-3-2-4-16(20)19-15/h2-9,11-12,18H,10H2,1H3/t12-/m1/s1. The van der Waals surface area contributed by atoms with Gasteiger partial charge in [0, 0.05) is 30.0 Å².